The Morgan fingerprint density at radius 3 is 1.60 bits per heavy atom. The maximum Gasteiger partial charge on any atom is 1.00 e. The molecule has 26 valence electrons. The molecule has 3 heteroatoms. The Morgan fingerprint density at radius 1 is 1.60 bits per heavy atom. The van der Waals surface area contributed by atoms with Crippen molar-refractivity contribution in [2.24, 2.45) is 5.73 Å². The molecule has 0 aliphatic rings. The van der Waals surface area contributed by atoms with Crippen LogP contribution in [-0.4, -0.2) is 0 Å². The summed E-state index contributed by atoms with van der Waals surface area (Å²) in [7, 11) is 0. The maximum absolute atomic E-state index is 4.61. The van der Waals surface area contributed by atoms with E-state index >= 15 is 0 Å². The molecular formula is C2H5ClNNa. The molecule has 0 amide bonds. The van der Waals surface area contributed by atoms with E-state index < -0.39 is 0 Å². The number of rotatable bonds is 0. The summed E-state index contributed by atoms with van der Waals surface area (Å²) in [5.74, 6) is 0. The topological polar surface area (TPSA) is 26.0 Å². The molecule has 0 aliphatic carbocycles. The Hall–Kier alpha value is 0.830. The first-order valence-corrected chi connectivity index (χ1v) is 0.742. The van der Waals surface area contributed by atoms with Gasteiger partial charge in [-0.15, -0.1) is 0 Å². The van der Waals surface area contributed by atoms with Crippen LogP contribution in [0.15, 0.2) is 12.8 Å². The SMILES string of the molecule is C=CN.[Cl-].[Na+]. The third-order valence-electron chi connectivity index (χ3n) is 0. The summed E-state index contributed by atoms with van der Waals surface area (Å²) in [6.45, 7) is 3.14. The van der Waals surface area contributed by atoms with Crippen LogP contribution in [0.5, 0.6) is 0 Å². The van der Waals surface area contributed by atoms with Gasteiger partial charge in [-0.2, -0.15) is 0 Å². The van der Waals surface area contributed by atoms with Gasteiger partial charge < -0.3 is 18.1 Å². The Labute approximate surface area is 60.3 Å². The molecule has 0 fully saturated rings. The molecule has 0 heterocycles. The Kier molecular flexibility index (Phi) is 71.9. The Balaban J connectivity index is -0.0000000200. The summed E-state index contributed by atoms with van der Waals surface area (Å²) in [5.41, 5.74) is 4.61. The fraction of sp³-hybridized carbons (Fsp3) is 0. The zero-order valence-electron chi connectivity index (χ0n) is 3.24. The average molecular weight is 102 g/mol. The van der Waals surface area contributed by atoms with E-state index in [-0.39, 0.29) is 42.0 Å². The van der Waals surface area contributed by atoms with Crippen LogP contribution >= 0.6 is 0 Å². The molecule has 0 aliphatic heterocycles. The third-order valence-corrected chi connectivity index (χ3v) is 0. The zero-order valence-corrected chi connectivity index (χ0v) is 6.00. The van der Waals surface area contributed by atoms with Crippen LogP contribution in [0, 0.1) is 0 Å². The average Bonchev–Trinajstić information content (AvgIpc) is 0.918. The van der Waals surface area contributed by atoms with Gasteiger partial charge in [0.2, 0.25) is 0 Å². The van der Waals surface area contributed by atoms with E-state index in [1.54, 1.807) is 0 Å². The zero-order chi connectivity index (χ0) is 2.71. The summed E-state index contributed by atoms with van der Waals surface area (Å²) >= 11 is 0. The molecule has 0 spiro atoms. The minimum Gasteiger partial charge on any atom is -1.00 e. The van der Waals surface area contributed by atoms with Gasteiger partial charge in [0.25, 0.3) is 0 Å². The second-order valence-corrected chi connectivity index (χ2v) is 0.236. The van der Waals surface area contributed by atoms with Gasteiger partial charge in [-0.1, -0.05) is 6.58 Å². The van der Waals surface area contributed by atoms with E-state index in [1.165, 1.54) is 6.20 Å². The number of halogens is 1. The fourth-order valence-corrected chi connectivity index (χ4v) is 0. The molecule has 0 saturated carbocycles. The van der Waals surface area contributed by atoms with E-state index in [0.29, 0.717) is 0 Å². The number of hydrogen-bond donors (Lipinski definition) is 1. The van der Waals surface area contributed by atoms with Crippen molar-refractivity contribution in [3.63, 3.8) is 0 Å². The predicted molar refractivity (Wildman–Crippen MR) is 14.4 cm³/mol. The van der Waals surface area contributed by atoms with Gasteiger partial charge in [0.1, 0.15) is 0 Å². The van der Waals surface area contributed by atoms with E-state index in [1.807, 2.05) is 0 Å². The summed E-state index contributed by atoms with van der Waals surface area (Å²) in [6, 6.07) is 0. The van der Waals surface area contributed by atoms with Crippen molar-refractivity contribution in [2.45, 2.75) is 0 Å². The molecule has 0 aromatic rings. The minimum atomic E-state index is 0. The summed E-state index contributed by atoms with van der Waals surface area (Å²) in [5, 5.41) is 0. The van der Waals surface area contributed by atoms with Gasteiger partial charge >= 0.3 is 29.6 Å². The minimum absolute atomic E-state index is 0. The number of nitrogens with two attached hydrogens (primary N) is 1. The molecule has 0 atom stereocenters. The Morgan fingerprint density at radius 2 is 1.60 bits per heavy atom. The monoisotopic (exact) mass is 101 g/mol. The molecule has 5 heavy (non-hydrogen) atoms. The van der Waals surface area contributed by atoms with Crippen molar-refractivity contribution in [3.8, 4) is 0 Å². The molecule has 0 bridgehead atoms. The molecular weight excluding hydrogens is 96.5 g/mol. The summed E-state index contributed by atoms with van der Waals surface area (Å²) < 4.78 is 0. The smallest absolute Gasteiger partial charge is 1.00 e. The van der Waals surface area contributed by atoms with E-state index in [0.717, 1.165) is 0 Å². The standard InChI is InChI=1S/C2H5N.ClH.Na/c1-2-3;;/h2H,1,3H2;1H;/q;;+1/p-1. The molecule has 0 aromatic carbocycles. The third kappa shape index (κ3) is 56.2. The van der Waals surface area contributed by atoms with Gasteiger partial charge in [-0.05, 0) is 6.20 Å². The second-order valence-electron chi connectivity index (χ2n) is 0.236. The first-order chi connectivity index (χ1) is 1.41. The molecule has 2 N–H and O–H groups in total. The molecule has 0 aromatic heterocycles. The predicted octanol–water partition coefficient (Wildman–Crippen LogP) is -5.90. The van der Waals surface area contributed by atoms with Crippen molar-refractivity contribution in [1.82, 2.24) is 0 Å². The van der Waals surface area contributed by atoms with E-state index in [9.17, 15) is 0 Å². The first kappa shape index (κ1) is 17.0. The number of hydrogen-bond acceptors (Lipinski definition) is 1. The fourth-order valence-electron chi connectivity index (χ4n) is 0. The molecule has 0 radical (unpaired) electrons. The van der Waals surface area contributed by atoms with Crippen LogP contribution in [-0.2, 0) is 0 Å². The van der Waals surface area contributed by atoms with Gasteiger partial charge in [-0.25, -0.2) is 0 Å². The van der Waals surface area contributed by atoms with Crippen LogP contribution in [0.3, 0.4) is 0 Å². The summed E-state index contributed by atoms with van der Waals surface area (Å²) in [6.07, 6.45) is 1.25. The van der Waals surface area contributed by atoms with Crippen LogP contribution < -0.4 is 47.7 Å². The van der Waals surface area contributed by atoms with E-state index in [4.69, 9.17) is 0 Å². The van der Waals surface area contributed by atoms with Crippen LogP contribution in [0.4, 0.5) is 0 Å². The first-order valence-electron chi connectivity index (χ1n) is 0.742. The van der Waals surface area contributed by atoms with Gasteiger partial charge in [0.15, 0.2) is 0 Å². The van der Waals surface area contributed by atoms with Gasteiger partial charge in [-0.3, -0.25) is 0 Å². The van der Waals surface area contributed by atoms with Gasteiger partial charge in [0, 0.05) is 0 Å². The van der Waals surface area contributed by atoms with Crippen molar-refractivity contribution < 1.29 is 42.0 Å². The van der Waals surface area contributed by atoms with Crippen molar-refractivity contribution in [3.05, 3.63) is 12.8 Å². The van der Waals surface area contributed by atoms with Gasteiger partial charge in [0.05, 0.1) is 0 Å². The largest absolute Gasteiger partial charge is 1.00 e. The van der Waals surface area contributed by atoms with Crippen molar-refractivity contribution in [2.75, 3.05) is 0 Å². The van der Waals surface area contributed by atoms with Crippen LogP contribution in [0.1, 0.15) is 0 Å². The van der Waals surface area contributed by atoms with Crippen molar-refractivity contribution in [1.29, 1.82) is 0 Å². The molecule has 0 saturated heterocycles. The Bertz CT molecular complexity index is 17.1. The molecule has 1 nitrogen and oxygen atoms in total. The quantitative estimate of drug-likeness (QED) is 0.302. The van der Waals surface area contributed by atoms with E-state index in [2.05, 4.69) is 12.3 Å². The second kappa shape index (κ2) is 21.2. The van der Waals surface area contributed by atoms with Crippen molar-refractivity contribution >= 4 is 0 Å². The van der Waals surface area contributed by atoms with Crippen LogP contribution in [0.25, 0.3) is 0 Å². The molecule has 0 rings (SSSR count). The normalized spacial score (nSPS) is 2.40. The summed E-state index contributed by atoms with van der Waals surface area (Å²) in [4.78, 5) is 0. The van der Waals surface area contributed by atoms with Crippen LogP contribution in [0.2, 0.25) is 0 Å². The maximum atomic E-state index is 4.61. The molecule has 0 unspecified atom stereocenters.